The van der Waals surface area contributed by atoms with E-state index in [2.05, 4.69) is 13.5 Å². The van der Waals surface area contributed by atoms with Crippen molar-refractivity contribution in [2.24, 2.45) is 13.5 Å². The van der Waals surface area contributed by atoms with Gasteiger partial charge in [0, 0.05) is 0 Å². The normalized spacial score (nSPS) is 27.7. The van der Waals surface area contributed by atoms with Crippen LogP contribution in [0.1, 0.15) is 0 Å². The fraction of sp³-hybridized carbons (Fsp3) is 0. The van der Waals surface area contributed by atoms with E-state index in [1.54, 1.807) is 72.8 Å². The summed E-state index contributed by atoms with van der Waals surface area (Å²) in [6, 6.07) is 26.8. The van der Waals surface area contributed by atoms with Gasteiger partial charge in [0.15, 0.2) is 0 Å². The third-order valence-electron chi connectivity index (χ3n) is 3.56. The Labute approximate surface area is 189 Å². The Balaban J connectivity index is 1.80. The highest BCUT2D eigenvalue weighted by Gasteiger charge is 2.40. The van der Waals surface area contributed by atoms with Gasteiger partial charge in [-0.1, -0.05) is 54.6 Å². The summed E-state index contributed by atoms with van der Waals surface area (Å²) in [5.74, 6) is 1.42. The van der Waals surface area contributed by atoms with Crippen molar-refractivity contribution in [2.45, 2.75) is 0 Å². The average molecular weight is 521 g/mol. The third kappa shape index (κ3) is 5.65. The van der Waals surface area contributed by atoms with Gasteiger partial charge >= 0.3 is 20.4 Å². The lowest BCUT2D eigenvalue weighted by atomic mass is 10.3. The van der Waals surface area contributed by atoms with E-state index >= 15 is 0 Å². The molecule has 156 valence electrons. The molecule has 0 radical (unpaired) electrons. The standard InChI is InChI=1S/C18H15Cl3N3O3P3/c19-28(25-16-10-4-1-5-11-16)22-29(20,26-17-12-6-2-7-13-17)24-30(21,23-28)27-18-14-8-3-9-15-18/h1-15H. The van der Waals surface area contributed by atoms with E-state index in [0.717, 1.165) is 0 Å². The smallest absolute Gasteiger partial charge is 0.354 e. The van der Waals surface area contributed by atoms with Crippen molar-refractivity contribution in [2.75, 3.05) is 0 Å². The fourth-order valence-electron chi connectivity index (χ4n) is 2.42. The monoisotopic (exact) mass is 519 g/mol. The predicted octanol–water partition coefficient (Wildman–Crippen LogP) is 9.79. The Morgan fingerprint density at radius 3 is 0.900 bits per heavy atom. The zero-order valence-corrected chi connectivity index (χ0v) is 20.2. The number of hydrogen-bond acceptors (Lipinski definition) is 6. The average Bonchev–Trinajstić information content (AvgIpc) is 2.68. The molecule has 0 amide bonds. The number of benzene rings is 3. The molecule has 0 saturated carbocycles. The molecule has 1 aliphatic rings. The van der Waals surface area contributed by atoms with Crippen molar-refractivity contribution < 1.29 is 13.6 Å². The van der Waals surface area contributed by atoms with Gasteiger partial charge in [0.2, 0.25) is 0 Å². The summed E-state index contributed by atoms with van der Waals surface area (Å²) in [4.78, 5) is 0. The first-order valence-electron chi connectivity index (χ1n) is 8.60. The van der Waals surface area contributed by atoms with E-state index in [1.165, 1.54) is 0 Å². The van der Waals surface area contributed by atoms with Gasteiger partial charge in [-0.2, -0.15) is 0 Å². The Bertz CT molecular complexity index is 1030. The Morgan fingerprint density at radius 1 is 0.433 bits per heavy atom. The molecule has 3 aromatic carbocycles. The van der Waals surface area contributed by atoms with Crippen LogP contribution in [0.5, 0.6) is 17.2 Å². The van der Waals surface area contributed by atoms with Crippen LogP contribution in [0.15, 0.2) is 105 Å². The Hall–Kier alpha value is -1.38. The van der Waals surface area contributed by atoms with Gasteiger partial charge < -0.3 is 13.6 Å². The second-order valence-electron chi connectivity index (χ2n) is 5.90. The highest BCUT2D eigenvalue weighted by molar-refractivity contribution is 8.05. The predicted molar refractivity (Wildman–Crippen MR) is 127 cm³/mol. The summed E-state index contributed by atoms with van der Waals surface area (Å²) in [5, 5.41) is 0. The summed E-state index contributed by atoms with van der Waals surface area (Å²) in [7, 11) is 0. The van der Waals surface area contributed by atoms with Crippen LogP contribution in [-0.4, -0.2) is 0 Å². The van der Waals surface area contributed by atoms with E-state index < -0.39 is 20.4 Å². The molecule has 0 bridgehead atoms. The van der Waals surface area contributed by atoms with Crippen molar-refractivity contribution in [3.05, 3.63) is 91.0 Å². The maximum Gasteiger partial charge on any atom is 0.354 e. The van der Waals surface area contributed by atoms with Crippen molar-refractivity contribution >= 4 is 54.1 Å². The molecule has 12 heteroatoms. The van der Waals surface area contributed by atoms with Gasteiger partial charge in [-0.05, 0) is 70.1 Å². The second kappa shape index (κ2) is 9.01. The number of rotatable bonds is 6. The van der Waals surface area contributed by atoms with Crippen LogP contribution in [-0.2, 0) is 0 Å². The van der Waals surface area contributed by atoms with Crippen LogP contribution in [0.4, 0.5) is 0 Å². The lowest BCUT2D eigenvalue weighted by Gasteiger charge is -2.27. The first kappa shape index (κ1) is 21.8. The number of halogens is 3. The summed E-state index contributed by atoms with van der Waals surface area (Å²) in [6.07, 6.45) is 0. The molecule has 1 aliphatic heterocycles. The Morgan fingerprint density at radius 2 is 0.667 bits per heavy atom. The second-order valence-corrected chi connectivity index (χ2v) is 15.4. The molecule has 6 nitrogen and oxygen atoms in total. The van der Waals surface area contributed by atoms with Gasteiger partial charge in [-0.25, -0.2) is 0 Å². The lowest BCUT2D eigenvalue weighted by molar-refractivity contribution is 0.596. The van der Waals surface area contributed by atoms with Gasteiger partial charge in [0.1, 0.15) is 17.2 Å². The van der Waals surface area contributed by atoms with Crippen LogP contribution in [0.25, 0.3) is 0 Å². The molecule has 0 N–H and O–H groups in total. The highest BCUT2D eigenvalue weighted by Crippen LogP contribution is 2.83. The van der Waals surface area contributed by atoms with E-state index in [-0.39, 0.29) is 0 Å². The molecule has 0 saturated heterocycles. The Kier molecular flexibility index (Phi) is 6.55. The van der Waals surface area contributed by atoms with Crippen molar-refractivity contribution in [3.63, 3.8) is 0 Å². The molecular weight excluding hydrogens is 505 g/mol. The topological polar surface area (TPSA) is 64.8 Å². The SMILES string of the molecule is ClP1(Oc2ccccc2)=NP(Cl)(Oc2ccccc2)=NP(Cl)(Oc2ccccc2)=N1. The minimum atomic E-state index is -3.39. The quantitative estimate of drug-likeness (QED) is 0.304. The number of nitrogens with zero attached hydrogens (tertiary/aromatic N) is 3. The summed E-state index contributed by atoms with van der Waals surface area (Å²) in [5.41, 5.74) is 0. The van der Waals surface area contributed by atoms with Crippen LogP contribution >= 0.6 is 54.1 Å². The minimum Gasteiger partial charge on any atom is -0.431 e. The lowest BCUT2D eigenvalue weighted by Crippen LogP contribution is -1.95. The number of hydrogen-bond donors (Lipinski definition) is 0. The summed E-state index contributed by atoms with van der Waals surface area (Å²) < 4.78 is 31.0. The van der Waals surface area contributed by atoms with E-state index in [9.17, 15) is 0 Å². The maximum atomic E-state index is 6.73. The largest absolute Gasteiger partial charge is 0.431 e. The molecule has 0 aliphatic carbocycles. The van der Waals surface area contributed by atoms with E-state index in [0.29, 0.717) is 17.2 Å². The molecule has 0 unspecified atom stereocenters. The molecule has 30 heavy (non-hydrogen) atoms. The molecule has 0 aromatic heterocycles. The molecule has 0 spiro atoms. The van der Waals surface area contributed by atoms with Crippen LogP contribution in [0.3, 0.4) is 0 Å². The van der Waals surface area contributed by atoms with Gasteiger partial charge in [0.25, 0.3) is 0 Å². The molecule has 3 aromatic rings. The van der Waals surface area contributed by atoms with Crippen LogP contribution in [0, 0.1) is 0 Å². The summed E-state index contributed by atoms with van der Waals surface area (Å²) in [6.45, 7) is -10.2. The van der Waals surface area contributed by atoms with Gasteiger partial charge in [-0.15, -0.1) is 13.5 Å². The zero-order valence-electron chi connectivity index (χ0n) is 15.2. The minimum absolute atomic E-state index is 0.473. The van der Waals surface area contributed by atoms with Crippen molar-refractivity contribution in [1.29, 1.82) is 0 Å². The van der Waals surface area contributed by atoms with E-state index in [1.807, 2.05) is 18.2 Å². The first-order valence-corrected chi connectivity index (χ1v) is 16.2. The zero-order chi connectivity index (χ0) is 21.1. The molecular formula is C18H15Cl3N3O3P3. The molecule has 0 atom stereocenters. The first-order chi connectivity index (χ1) is 14.4. The van der Waals surface area contributed by atoms with Crippen LogP contribution in [0.2, 0.25) is 0 Å². The van der Waals surface area contributed by atoms with Crippen molar-refractivity contribution in [3.8, 4) is 17.2 Å². The molecule has 0 fully saturated rings. The van der Waals surface area contributed by atoms with Crippen molar-refractivity contribution in [1.82, 2.24) is 0 Å². The third-order valence-corrected chi connectivity index (χ3v) is 14.5. The fourth-order valence-corrected chi connectivity index (χ4v) is 15.7. The van der Waals surface area contributed by atoms with Crippen LogP contribution < -0.4 is 13.6 Å². The highest BCUT2D eigenvalue weighted by atomic mass is 35.7. The van der Waals surface area contributed by atoms with Gasteiger partial charge in [-0.3, -0.25) is 0 Å². The molecule has 1 heterocycles. The van der Waals surface area contributed by atoms with E-state index in [4.69, 9.17) is 47.3 Å². The number of para-hydroxylation sites is 3. The maximum absolute atomic E-state index is 6.73. The molecule has 4 rings (SSSR count). The summed E-state index contributed by atoms with van der Waals surface area (Å²) >= 11 is 20.2. The van der Waals surface area contributed by atoms with Gasteiger partial charge in [0.05, 0.1) is 0 Å².